The van der Waals surface area contributed by atoms with Gasteiger partial charge < -0.3 is 5.11 Å². The summed E-state index contributed by atoms with van der Waals surface area (Å²) in [5.41, 5.74) is 3.39. The first-order valence-corrected chi connectivity index (χ1v) is 6.39. The Balaban J connectivity index is 2.03. The van der Waals surface area contributed by atoms with E-state index in [0.29, 0.717) is 10.6 Å². The molecule has 0 aliphatic rings. The maximum atomic E-state index is 11.8. The predicted octanol–water partition coefficient (Wildman–Crippen LogP) is 3.46. The van der Waals surface area contributed by atoms with Crippen molar-refractivity contribution >= 4 is 35.3 Å². The molecule has 2 N–H and O–H groups in total. The van der Waals surface area contributed by atoms with E-state index in [0.717, 1.165) is 5.56 Å². The number of carbonyl (C=O) groups excluding carboxylic acids is 1. The van der Waals surface area contributed by atoms with Crippen molar-refractivity contribution in [1.82, 2.24) is 5.43 Å². The predicted molar refractivity (Wildman–Crippen MR) is 79.6 cm³/mol. The zero-order valence-electron chi connectivity index (χ0n) is 10.2. The Labute approximate surface area is 125 Å². The number of benzene rings is 2. The smallest absolute Gasteiger partial charge is 0.272 e. The summed E-state index contributed by atoms with van der Waals surface area (Å²) in [4.78, 5) is 11.8. The van der Waals surface area contributed by atoms with E-state index >= 15 is 0 Å². The summed E-state index contributed by atoms with van der Waals surface area (Å²) in [6, 6.07) is 11.0. The van der Waals surface area contributed by atoms with E-state index in [1.165, 1.54) is 30.5 Å². The highest BCUT2D eigenvalue weighted by Gasteiger charge is 2.09. The molecular formula is C14H10Cl2N2O2. The fraction of sp³-hybridized carbons (Fsp3) is 0. The summed E-state index contributed by atoms with van der Waals surface area (Å²) in [6.07, 6.45) is 1.46. The first-order valence-electron chi connectivity index (χ1n) is 5.64. The number of nitrogens with one attached hydrogen (secondary N) is 1. The molecule has 0 spiro atoms. The second-order valence-electron chi connectivity index (χ2n) is 3.91. The van der Waals surface area contributed by atoms with Crippen LogP contribution in [0.1, 0.15) is 15.9 Å². The molecule has 6 heteroatoms. The fourth-order valence-corrected chi connectivity index (χ4v) is 1.95. The second-order valence-corrected chi connectivity index (χ2v) is 4.76. The van der Waals surface area contributed by atoms with Crippen LogP contribution in [0.4, 0.5) is 0 Å². The molecule has 0 radical (unpaired) electrons. The molecule has 4 nitrogen and oxygen atoms in total. The molecule has 2 aromatic carbocycles. The number of aromatic hydroxyl groups is 1. The molecule has 1 amide bonds. The van der Waals surface area contributed by atoms with Gasteiger partial charge in [-0.2, -0.15) is 5.10 Å². The maximum Gasteiger partial charge on any atom is 0.272 e. The minimum absolute atomic E-state index is 0.166. The Morgan fingerprint density at radius 1 is 1.15 bits per heavy atom. The standard InChI is InChI=1S/C14H10Cl2N2O2/c15-10-3-6-12(13(16)7-10)14(20)18-17-8-9-1-4-11(19)5-2-9/h1-8,19H,(H,18,20)/b17-8-. The number of phenolic OH excluding ortho intramolecular Hbond substituents is 1. The number of hydrazone groups is 1. The lowest BCUT2D eigenvalue weighted by Crippen LogP contribution is -2.17. The Morgan fingerprint density at radius 3 is 2.50 bits per heavy atom. The molecule has 0 bridgehead atoms. The zero-order chi connectivity index (χ0) is 14.5. The van der Waals surface area contributed by atoms with Crippen molar-refractivity contribution in [2.24, 2.45) is 5.10 Å². The van der Waals surface area contributed by atoms with Crippen molar-refractivity contribution in [2.75, 3.05) is 0 Å². The van der Waals surface area contributed by atoms with Gasteiger partial charge in [-0.1, -0.05) is 23.2 Å². The quantitative estimate of drug-likeness (QED) is 0.674. The Bertz CT molecular complexity index is 655. The van der Waals surface area contributed by atoms with Gasteiger partial charge in [-0.3, -0.25) is 4.79 Å². The molecule has 0 saturated heterocycles. The molecular weight excluding hydrogens is 299 g/mol. The van der Waals surface area contributed by atoms with Crippen molar-refractivity contribution in [2.45, 2.75) is 0 Å². The lowest BCUT2D eigenvalue weighted by molar-refractivity contribution is 0.0955. The molecule has 2 rings (SSSR count). The van der Waals surface area contributed by atoms with Gasteiger partial charge in [0.05, 0.1) is 16.8 Å². The summed E-state index contributed by atoms with van der Waals surface area (Å²) in [5.74, 6) is -0.263. The summed E-state index contributed by atoms with van der Waals surface area (Å²) in [6.45, 7) is 0. The van der Waals surface area contributed by atoms with E-state index in [1.807, 2.05) is 0 Å². The van der Waals surface area contributed by atoms with Gasteiger partial charge in [-0.15, -0.1) is 0 Å². The number of halogens is 2. The Kier molecular flexibility index (Phi) is 4.61. The summed E-state index contributed by atoms with van der Waals surface area (Å²) >= 11 is 11.7. The first-order chi connectivity index (χ1) is 9.56. The molecule has 102 valence electrons. The lowest BCUT2D eigenvalue weighted by Gasteiger charge is -2.02. The number of amides is 1. The number of rotatable bonds is 3. The van der Waals surface area contributed by atoms with Crippen LogP contribution in [0.25, 0.3) is 0 Å². The fourth-order valence-electron chi connectivity index (χ4n) is 1.46. The molecule has 0 unspecified atom stereocenters. The molecule has 0 aromatic heterocycles. The average molecular weight is 309 g/mol. The van der Waals surface area contributed by atoms with Crippen LogP contribution >= 0.6 is 23.2 Å². The number of hydrogen-bond acceptors (Lipinski definition) is 3. The van der Waals surface area contributed by atoms with Crippen LogP contribution in [0.3, 0.4) is 0 Å². The summed E-state index contributed by atoms with van der Waals surface area (Å²) in [7, 11) is 0. The minimum atomic E-state index is -0.429. The zero-order valence-corrected chi connectivity index (χ0v) is 11.7. The summed E-state index contributed by atoms with van der Waals surface area (Å²) in [5, 5.41) is 13.7. The number of hydrogen-bond donors (Lipinski definition) is 2. The molecule has 0 fully saturated rings. The highest BCUT2D eigenvalue weighted by molar-refractivity contribution is 6.36. The van der Waals surface area contributed by atoms with Crippen molar-refractivity contribution in [3.8, 4) is 5.75 Å². The molecule has 20 heavy (non-hydrogen) atoms. The van der Waals surface area contributed by atoms with E-state index in [-0.39, 0.29) is 10.8 Å². The van der Waals surface area contributed by atoms with Crippen LogP contribution in [0, 0.1) is 0 Å². The van der Waals surface area contributed by atoms with Crippen LogP contribution in [-0.4, -0.2) is 17.2 Å². The van der Waals surface area contributed by atoms with Crippen LogP contribution in [0.2, 0.25) is 10.0 Å². The molecule has 2 aromatic rings. The number of nitrogens with zero attached hydrogens (tertiary/aromatic N) is 1. The second kappa shape index (κ2) is 6.41. The molecule has 0 atom stereocenters. The summed E-state index contributed by atoms with van der Waals surface area (Å²) < 4.78 is 0. The molecule has 0 saturated carbocycles. The van der Waals surface area contributed by atoms with Crippen LogP contribution < -0.4 is 5.43 Å². The minimum Gasteiger partial charge on any atom is -0.508 e. The SMILES string of the molecule is O=C(N/N=C\c1ccc(O)cc1)c1ccc(Cl)cc1Cl. The van der Waals surface area contributed by atoms with Gasteiger partial charge in [-0.05, 0) is 48.0 Å². The van der Waals surface area contributed by atoms with Crippen LogP contribution in [-0.2, 0) is 0 Å². The van der Waals surface area contributed by atoms with E-state index < -0.39 is 5.91 Å². The van der Waals surface area contributed by atoms with E-state index in [9.17, 15) is 4.79 Å². The maximum absolute atomic E-state index is 11.8. The number of carbonyl (C=O) groups is 1. The van der Waals surface area contributed by atoms with E-state index in [4.69, 9.17) is 28.3 Å². The van der Waals surface area contributed by atoms with E-state index in [2.05, 4.69) is 10.5 Å². The van der Waals surface area contributed by atoms with Gasteiger partial charge in [0.15, 0.2) is 0 Å². The normalized spacial score (nSPS) is 10.7. The largest absolute Gasteiger partial charge is 0.508 e. The van der Waals surface area contributed by atoms with Crippen LogP contribution in [0.15, 0.2) is 47.6 Å². The van der Waals surface area contributed by atoms with Gasteiger partial charge in [0.25, 0.3) is 5.91 Å². The van der Waals surface area contributed by atoms with Gasteiger partial charge >= 0.3 is 0 Å². The molecule has 0 heterocycles. The van der Waals surface area contributed by atoms with Gasteiger partial charge in [0.2, 0.25) is 0 Å². The van der Waals surface area contributed by atoms with Gasteiger partial charge in [0, 0.05) is 5.02 Å². The molecule has 0 aliphatic carbocycles. The first kappa shape index (κ1) is 14.4. The number of phenols is 1. The Morgan fingerprint density at radius 2 is 1.85 bits per heavy atom. The Hall–Kier alpha value is -2.04. The monoisotopic (exact) mass is 308 g/mol. The van der Waals surface area contributed by atoms with Crippen molar-refractivity contribution < 1.29 is 9.90 Å². The third-order valence-electron chi connectivity index (χ3n) is 2.45. The van der Waals surface area contributed by atoms with Gasteiger partial charge in [0.1, 0.15) is 5.75 Å². The highest BCUT2D eigenvalue weighted by Crippen LogP contribution is 2.20. The van der Waals surface area contributed by atoms with Crippen molar-refractivity contribution in [1.29, 1.82) is 0 Å². The topological polar surface area (TPSA) is 61.7 Å². The van der Waals surface area contributed by atoms with Gasteiger partial charge in [-0.25, -0.2) is 5.43 Å². The van der Waals surface area contributed by atoms with Crippen molar-refractivity contribution in [3.63, 3.8) is 0 Å². The van der Waals surface area contributed by atoms with E-state index in [1.54, 1.807) is 18.2 Å². The molecule has 0 aliphatic heterocycles. The third kappa shape index (κ3) is 3.73. The average Bonchev–Trinajstić information content (AvgIpc) is 2.41. The third-order valence-corrected chi connectivity index (χ3v) is 3.00. The lowest BCUT2D eigenvalue weighted by atomic mass is 10.2. The van der Waals surface area contributed by atoms with Crippen LogP contribution in [0.5, 0.6) is 5.75 Å². The van der Waals surface area contributed by atoms with Crippen molar-refractivity contribution in [3.05, 3.63) is 63.6 Å². The highest BCUT2D eigenvalue weighted by atomic mass is 35.5.